The molecule has 0 saturated heterocycles. The molecule has 0 radical (unpaired) electrons. The van der Waals surface area contributed by atoms with Crippen LogP contribution in [0.25, 0.3) is 10.9 Å². The molecule has 0 atom stereocenters. The highest BCUT2D eigenvalue weighted by atomic mass is 16.6. The molecule has 1 amide bonds. The number of ether oxygens (including phenoxy) is 3. The predicted octanol–water partition coefficient (Wildman–Crippen LogP) is 4.38. The SMILES string of the molecule is CCOC(=O)COc1cnc2ccc(O)cc2c1NCC1CCC(NC(=O)OC(C)(C)C)CC1. The fraction of sp³-hybridized carbons (Fsp3) is 0.560. The fourth-order valence-electron chi connectivity index (χ4n) is 4.02. The number of aromatic nitrogens is 1. The second-order valence-corrected chi connectivity index (χ2v) is 9.54. The Kier molecular flexibility index (Phi) is 8.41. The van der Waals surface area contributed by atoms with E-state index in [1.54, 1.807) is 31.3 Å². The standard InChI is InChI=1S/C25H35N3O6/c1-5-32-22(30)15-33-21-14-26-20-11-10-18(29)12-19(20)23(21)27-13-16-6-8-17(9-7-16)28-24(31)34-25(2,3)4/h10-12,14,16-17,29H,5-9,13,15H2,1-4H3,(H,26,27)(H,28,31). The molecule has 34 heavy (non-hydrogen) atoms. The summed E-state index contributed by atoms with van der Waals surface area (Å²) in [5.41, 5.74) is 0.869. The first-order valence-electron chi connectivity index (χ1n) is 11.8. The molecule has 1 saturated carbocycles. The van der Waals surface area contributed by atoms with E-state index in [0.717, 1.165) is 25.7 Å². The van der Waals surface area contributed by atoms with E-state index in [1.807, 2.05) is 20.8 Å². The van der Waals surface area contributed by atoms with Crippen LogP contribution in [0.4, 0.5) is 10.5 Å². The summed E-state index contributed by atoms with van der Waals surface area (Å²) in [6.45, 7) is 8.03. The van der Waals surface area contributed by atoms with E-state index in [-0.39, 0.29) is 31.1 Å². The average Bonchev–Trinajstić information content (AvgIpc) is 2.76. The van der Waals surface area contributed by atoms with Crippen LogP contribution >= 0.6 is 0 Å². The van der Waals surface area contributed by atoms with Gasteiger partial charge in [-0.05, 0) is 77.5 Å². The summed E-state index contributed by atoms with van der Waals surface area (Å²) in [4.78, 5) is 28.2. The maximum absolute atomic E-state index is 12.0. The Morgan fingerprint density at radius 2 is 1.91 bits per heavy atom. The number of nitrogens with one attached hydrogen (secondary N) is 2. The third kappa shape index (κ3) is 7.40. The van der Waals surface area contributed by atoms with Gasteiger partial charge in [-0.15, -0.1) is 0 Å². The number of aromatic hydroxyl groups is 1. The van der Waals surface area contributed by atoms with Crippen LogP contribution in [0.15, 0.2) is 24.4 Å². The van der Waals surface area contributed by atoms with E-state index in [2.05, 4.69) is 15.6 Å². The van der Waals surface area contributed by atoms with E-state index in [0.29, 0.717) is 34.8 Å². The van der Waals surface area contributed by atoms with Crippen molar-refractivity contribution in [1.29, 1.82) is 0 Å². The summed E-state index contributed by atoms with van der Waals surface area (Å²) < 4.78 is 16.0. The molecule has 2 aromatic rings. The van der Waals surface area contributed by atoms with Crippen LogP contribution in [0.1, 0.15) is 53.4 Å². The number of fused-ring (bicyclic) bond motifs is 1. The van der Waals surface area contributed by atoms with Crippen LogP contribution in [0.3, 0.4) is 0 Å². The minimum Gasteiger partial charge on any atom is -0.508 e. The molecule has 0 bridgehead atoms. The Bertz CT molecular complexity index is 996. The number of nitrogens with zero attached hydrogens (tertiary/aromatic N) is 1. The average molecular weight is 474 g/mol. The molecule has 9 heteroatoms. The number of hydrogen-bond donors (Lipinski definition) is 3. The number of alkyl carbamates (subject to hydrolysis) is 1. The van der Waals surface area contributed by atoms with Crippen molar-refractivity contribution in [3.05, 3.63) is 24.4 Å². The highest BCUT2D eigenvalue weighted by Crippen LogP contribution is 2.35. The second kappa shape index (κ2) is 11.3. The molecule has 1 heterocycles. The van der Waals surface area contributed by atoms with Gasteiger partial charge in [-0.2, -0.15) is 0 Å². The monoisotopic (exact) mass is 473 g/mol. The van der Waals surface area contributed by atoms with Crippen molar-refractivity contribution in [2.75, 3.05) is 25.1 Å². The highest BCUT2D eigenvalue weighted by molar-refractivity contribution is 5.95. The molecule has 0 spiro atoms. The maximum Gasteiger partial charge on any atom is 0.407 e. The van der Waals surface area contributed by atoms with Crippen molar-refractivity contribution >= 4 is 28.7 Å². The predicted molar refractivity (Wildman–Crippen MR) is 129 cm³/mol. The van der Waals surface area contributed by atoms with Gasteiger partial charge >= 0.3 is 12.1 Å². The molecule has 0 unspecified atom stereocenters. The number of esters is 1. The van der Waals surface area contributed by atoms with Gasteiger partial charge in [0.2, 0.25) is 0 Å². The number of pyridine rings is 1. The Labute approximate surface area is 200 Å². The van der Waals surface area contributed by atoms with Crippen molar-refractivity contribution in [1.82, 2.24) is 10.3 Å². The Balaban J connectivity index is 1.62. The first-order chi connectivity index (χ1) is 16.1. The molecule has 0 aliphatic heterocycles. The number of benzene rings is 1. The minimum atomic E-state index is -0.514. The number of amides is 1. The zero-order valence-electron chi connectivity index (χ0n) is 20.3. The molecule has 3 rings (SSSR count). The van der Waals surface area contributed by atoms with E-state index in [1.165, 1.54) is 0 Å². The topological polar surface area (TPSA) is 119 Å². The van der Waals surface area contributed by atoms with E-state index >= 15 is 0 Å². The van der Waals surface area contributed by atoms with Gasteiger partial charge < -0.3 is 30.0 Å². The summed E-state index contributed by atoms with van der Waals surface area (Å²) in [6, 6.07) is 5.05. The molecule has 9 nitrogen and oxygen atoms in total. The third-order valence-electron chi connectivity index (χ3n) is 5.60. The van der Waals surface area contributed by atoms with Gasteiger partial charge in [-0.25, -0.2) is 9.59 Å². The number of phenols is 1. The number of hydrogen-bond acceptors (Lipinski definition) is 8. The van der Waals surface area contributed by atoms with Crippen LogP contribution < -0.4 is 15.4 Å². The highest BCUT2D eigenvalue weighted by Gasteiger charge is 2.25. The molecule has 186 valence electrons. The van der Waals surface area contributed by atoms with Gasteiger partial charge in [0, 0.05) is 18.0 Å². The van der Waals surface area contributed by atoms with Crippen LogP contribution in [-0.4, -0.2) is 53.6 Å². The summed E-state index contributed by atoms with van der Waals surface area (Å²) in [5.74, 6) is 0.482. The molecule has 1 aliphatic carbocycles. The molecule has 3 N–H and O–H groups in total. The molecule has 1 aromatic heterocycles. The van der Waals surface area contributed by atoms with Gasteiger partial charge in [0.15, 0.2) is 12.4 Å². The Morgan fingerprint density at radius 3 is 2.59 bits per heavy atom. The lowest BCUT2D eigenvalue weighted by molar-refractivity contribution is -0.145. The minimum absolute atomic E-state index is 0.105. The van der Waals surface area contributed by atoms with Gasteiger partial charge in [-0.3, -0.25) is 4.98 Å². The van der Waals surface area contributed by atoms with E-state index in [4.69, 9.17) is 14.2 Å². The van der Waals surface area contributed by atoms with Crippen LogP contribution in [0, 0.1) is 5.92 Å². The Morgan fingerprint density at radius 1 is 1.18 bits per heavy atom. The number of carbonyl (C=O) groups excluding carboxylic acids is 2. The second-order valence-electron chi connectivity index (χ2n) is 9.54. The van der Waals surface area contributed by atoms with Crippen molar-refractivity contribution in [3.63, 3.8) is 0 Å². The van der Waals surface area contributed by atoms with Crippen LogP contribution in [0.5, 0.6) is 11.5 Å². The van der Waals surface area contributed by atoms with Crippen molar-refractivity contribution in [2.24, 2.45) is 5.92 Å². The smallest absolute Gasteiger partial charge is 0.407 e. The van der Waals surface area contributed by atoms with Gasteiger partial charge in [0.25, 0.3) is 0 Å². The summed E-state index contributed by atoms with van der Waals surface area (Å²) in [7, 11) is 0. The zero-order chi connectivity index (χ0) is 24.7. The van der Waals surface area contributed by atoms with Gasteiger partial charge in [0.1, 0.15) is 11.4 Å². The lowest BCUT2D eigenvalue weighted by Crippen LogP contribution is -2.41. The molecule has 1 aromatic carbocycles. The van der Waals surface area contributed by atoms with E-state index < -0.39 is 11.6 Å². The number of carbonyl (C=O) groups is 2. The van der Waals surface area contributed by atoms with E-state index in [9.17, 15) is 14.7 Å². The third-order valence-corrected chi connectivity index (χ3v) is 5.60. The first-order valence-corrected chi connectivity index (χ1v) is 11.8. The normalized spacial score (nSPS) is 18.2. The quantitative estimate of drug-likeness (QED) is 0.484. The summed E-state index contributed by atoms with van der Waals surface area (Å²) >= 11 is 0. The number of phenolic OH excluding ortho intramolecular Hbond substituents is 1. The molecule has 1 fully saturated rings. The van der Waals surface area contributed by atoms with Crippen molar-refractivity contribution < 1.29 is 28.9 Å². The lowest BCUT2D eigenvalue weighted by atomic mass is 9.86. The largest absolute Gasteiger partial charge is 0.508 e. The molecular weight excluding hydrogens is 438 g/mol. The first kappa shape index (κ1) is 25.4. The summed E-state index contributed by atoms with van der Waals surface area (Å²) in [6.07, 6.45) is 4.83. The summed E-state index contributed by atoms with van der Waals surface area (Å²) in [5, 5.41) is 17.1. The molecular formula is C25H35N3O6. The Hall–Kier alpha value is -3.23. The van der Waals surface area contributed by atoms with Crippen molar-refractivity contribution in [2.45, 2.75) is 65.0 Å². The lowest BCUT2D eigenvalue weighted by Gasteiger charge is -2.30. The van der Waals surface area contributed by atoms with Crippen LogP contribution in [-0.2, 0) is 14.3 Å². The van der Waals surface area contributed by atoms with Gasteiger partial charge in [0.05, 0.1) is 24.0 Å². The molecule has 1 aliphatic rings. The van der Waals surface area contributed by atoms with Gasteiger partial charge in [-0.1, -0.05) is 0 Å². The zero-order valence-corrected chi connectivity index (χ0v) is 20.3. The van der Waals surface area contributed by atoms with Crippen LogP contribution in [0.2, 0.25) is 0 Å². The van der Waals surface area contributed by atoms with Crippen molar-refractivity contribution in [3.8, 4) is 11.5 Å². The maximum atomic E-state index is 12.0. The number of rotatable bonds is 8. The number of anilines is 1. The fourth-order valence-corrected chi connectivity index (χ4v) is 4.02.